The topological polar surface area (TPSA) is 42.0 Å². The van der Waals surface area contributed by atoms with E-state index in [2.05, 4.69) is 34.1 Å². The van der Waals surface area contributed by atoms with Crippen LogP contribution in [0.4, 0.5) is 4.39 Å². The van der Waals surface area contributed by atoms with Gasteiger partial charge in [0.2, 0.25) is 0 Å². The fourth-order valence-electron chi connectivity index (χ4n) is 5.52. The predicted octanol–water partition coefficient (Wildman–Crippen LogP) is 3.52. The van der Waals surface area contributed by atoms with Gasteiger partial charge in [0.25, 0.3) is 0 Å². The summed E-state index contributed by atoms with van der Waals surface area (Å²) in [5.41, 5.74) is 4.88. The van der Waals surface area contributed by atoms with Crippen molar-refractivity contribution in [2.75, 3.05) is 45.9 Å². The molecular formula is C26H31FN2O3. The fraction of sp³-hybridized carbons (Fsp3) is 0.500. The van der Waals surface area contributed by atoms with E-state index in [1.807, 2.05) is 6.07 Å². The van der Waals surface area contributed by atoms with Crippen molar-refractivity contribution in [3.8, 4) is 0 Å². The van der Waals surface area contributed by atoms with Crippen molar-refractivity contribution in [1.29, 1.82) is 0 Å². The summed E-state index contributed by atoms with van der Waals surface area (Å²) in [6.45, 7) is 7.50. The van der Waals surface area contributed by atoms with E-state index in [9.17, 15) is 9.18 Å². The van der Waals surface area contributed by atoms with Gasteiger partial charge in [-0.1, -0.05) is 30.3 Å². The minimum Gasteiger partial charge on any atom is -0.465 e. The SMILES string of the molecule is CC(=O)OCCN1CCN(C[C@H]2C[C@@H]3c4ccccc4Cc4ccc(F)cc4[C@H]3O2)CC1. The number of nitrogens with zero attached hydrogens (tertiary/aromatic N) is 2. The molecule has 2 saturated heterocycles. The first-order chi connectivity index (χ1) is 15.6. The van der Waals surface area contributed by atoms with Gasteiger partial charge in [-0.25, -0.2) is 4.39 Å². The molecule has 0 unspecified atom stereocenters. The maximum atomic E-state index is 14.2. The highest BCUT2D eigenvalue weighted by atomic mass is 19.1. The van der Waals surface area contributed by atoms with Gasteiger partial charge in [0.05, 0.1) is 12.2 Å². The second kappa shape index (κ2) is 9.30. The number of hydrogen-bond acceptors (Lipinski definition) is 5. The van der Waals surface area contributed by atoms with Crippen LogP contribution in [0.5, 0.6) is 0 Å². The Hall–Kier alpha value is -2.28. The lowest BCUT2D eigenvalue weighted by atomic mass is 9.87. The average molecular weight is 439 g/mol. The second-order valence-corrected chi connectivity index (χ2v) is 9.22. The third-order valence-electron chi connectivity index (χ3n) is 7.11. The monoisotopic (exact) mass is 438 g/mol. The van der Waals surface area contributed by atoms with Crippen LogP contribution in [-0.2, 0) is 20.7 Å². The largest absolute Gasteiger partial charge is 0.465 e. The minimum atomic E-state index is -0.220. The lowest BCUT2D eigenvalue weighted by Crippen LogP contribution is -2.49. The van der Waals surface area contributed by atoms with Crippen LogP contribution in [0.2, 0.25) is 0 Å². The van der Waals surface area contributed by atoms with Gasteiger partial charge in [-0.05, 0) is 47.2 Å². The maximum absolute atomic E-state index is 14.2. The molecule has 32 heavy (non-hydrogen) atoms. The molecule has 2 fully saturated rings. The van der Waals surface area contributed by atoms with E-state index in [0.29, 0.717) is 6.61 Å². The van der Waals surface area contributed by atoms with Gasteiger partial charge < -0.3 is 9.47 Å². The van der Waals surface area contributed by atoms with E-state index in [1.165, 1.54) is 23.6 Å². The Morgan fingerprint density at radius 1 is 1.06 bits per heavy atom. The Bertz CT molecular complexity index is 973. The summed E-state index contributed by atoms with van der Waals surface area (Å²) < 4.78 is 25.8. The lowest BCUT2D eigenvalue weighted by molar-refractivity contribution is -0.141. The second-order valence-electron chi connectivity index (χ2n) is 9.22. The summed E-state index contributed by atoms with van der Waals surface area (Å²) in [6.07, 6.45) is 1.85. The number of ether oxygens (including phenoxy) is 2. The van der Waals surface area contributed by atoms with Crippen LogP contribution in [-0.4, -0.2) is 67.7 Å². The molecule has 2 aliphatic heterocycles. The first-order valence-corrected chi connectivity index (χ1v) is 11.7. The zero-order valence-corrected chi connectivity index (χ0v) is 18.6. The minimum absolute atomic E-state index is 0.0839. The van der Waals surface area contributed by atoms with Crippen LogP contribution in [0.25, 0.3) is 0 Å². The van der Waals surface area contributed by atoms with Gasteiger partial charge in [-0.3, -0.25) is 14.6 Å². The quantitative estimate of drug-likeness (QED) is 0.669. The highest BCUT2D eigenvalue weighted by Crippen LogP contribution is 2.49. The van der Waals surface area contributed by atoms with Crippen LogP contribution in [0.1, 0.15) is 47.6 Å². The summed E-state index contributed by atoms with van der Waals surface area (Å²) in [7, 11) is 0. The number of benzene rings is 2. The average Bonchev–Trinajstić information content (AvgIpc) is 3.14. The Labute approximate surface area is 189 Å². The third kappa shape index (κ3) is 4.58. The number of carbonyl (C=O) groups is 1. The van der Waals surface area contributed by atoms with Crippen LogP contribution in [0, 0.1) is 5.82 Å². The Kier molecular flexibility index (Phi) is 6.26. The summed E-state index contributed by atoms with van der Waals surface area (Å²) in [6, 6.07) is 13.8. The van der Waals surface area contributed by atoms with Crippen molar-refractivity contribution in [3.63, 3.8) is 0 Å². The van der Waals surface area contributed by atoms with Gasteiger partial charge in [-0.2, -0.15) is 0 Å². The van der Waals surface area contributed by atoms with Gasteiger partial charge in [-0.15, -0.1) is 0 Å². The van der Waals surface area contributed by atoms with E-state index in [-0.39, 0.29) is 29.9 Å². The molecule has 0 N–H and O–H groups in total. The summed E-state index contributed by atoms with van der Waals surface area (Å²) >= 11 is 0. The number of halogens is 1. The molecule has 5 nitrogen and oxygen atoms in total. The first kappa shape index (κ1) is 21.6. The summed E-state index contributed by atoms with van der Waals surface area (Å²) in [5, 5.41) is 0. The van der Waals surface area contributed by atoms with Gasteiger partial charge in [0.15, 0.2) is 0 Å². The van der Waals surface area contributed by atoms with Crippen molar-refractivity contribution in [2.24, 2.45) is 0 Å². The molecule has 0 radical (unpaired) electrons. The van der Waals surface area contributed by atoms with E-state index in [4.69, 9.17) is 9.47 Å². The molecular weight excluding hydrogens is 407 g/mol. The number of carbonyl (C=O) groups excluding carboxylic acids is 1. The number of rotatable bonds is 5. The third-order valence-corrected chi connectivity index (χ3v) is 7.11. The fourth-order valence-corrected chi connectivity index (χ4v) is 5.52. The predicted molar refractivity (Wildman–Crippen MR) is 120 cm³/mol. The molecule has 1 aliphatic carbocycles. The van der Waals surface area contributed by atoms with E-state index < -0.39 is 0 Å². The molecule has 2 heterocycles. The Balaban J connectivity index is 1.25. The molecule has 0 aromatic heterocycles. The molecule has 0 saturated carbocycles. The highest BCUT2D eigenvalue weighted by molar-refractivity contribution is 5.65. The Morgan fingerprint density at radius 2 is 1.81 bits per heavy atom. The van der Waals surface area contributed by atoms with E-state index in [0.717, 1.165) is 57.7 Å². The van der Waals surface area contributed by atoms with E-state index in [1.54, 1.807) is 12.1 Å². The summed E-state index contributed by atoms with van der Waals surface area (Å²) in [5.74, 6) is -0.142. The smallest absolute Gasteiger partial charge is 0.302 e. The molecule has 3 atom stereocenters. The standard InChI is InChI=1S/C26H31FN2O3/c1-18(30)31-13-12-28-8-10-29(11-9-28)17-22-16-25-23-5-3-2-4-19(23)14-20-6-7-21(27)15-24(20)26(25)32-22/h2-7,15,22,25-26H,8-14,16-17H2,1H3/t22-,25-,26-/m1/s1. The zero-order valence-electron chi connectivity index (χ0n) is 18.6. The van der Waals surface area contributed by atoms with Crippen molar-refractivity contribution in [3.05, 3.63) is 70.5 Å². The molecule has 2 aromatic rings. The number of piperazine rings is 1. The van der Waals surface area contributed by atoms with Gasteiger partial charge in [0.1, 0.15) is 12.4 Å². The van der Waals surface area contributed by atoms with Gasteiger partial charge >= 0.3 is 5.97 Å². The highest BCUT2D eigenvalue weighted by Gasteiger charge is 2.41. The molecule has 3 aliphatic rings. The number of hydrogen-bond donors (Lipinski definition) is 0. The molecule has 5 rings (SSSR count). The van der Waals surface area contributed by atoms with Crippen molar-refractivity contribution in [2.45, 2.75) is 37.9 Å². The maximum Gasteiger partial charge on any atom is 0.302 e. The van der Waals surface area contributed by atoms with E-state index >= 15 is 0 Å². The van der Waals surface area contributed by atoms with Crippen LogP contribution < -0.4 is 0 Å². The molecule has 6 heteroatoms. The summed E-state index contributed by atoms with van der Waals surface area (Å²) in [4.78, 5) is 15.8. The first-order valence-electron chi connectivity index (χ1n) is 11.7. The zero-order chi connectivity index (χ0) is 22.1. The van der Waals surface area contributed by atoms with Crippen molar-refractivity contribution >= 4 is 5.97 Å². The molecule has 0 bridgehead atoms. The molecule has 0 amide bonds. The number of fused-ring (bicyclic) bond motifs is 5. The van der Waals surface area contributed by atoms with Crippen molar-refractivity contribution in [1.82, 2.24) is 9.80 Å². The molecule has 2 aromatic carbocycles. The normalized spacial score (nSPS) is 25.5. The van der Waals surface area contributed by atoms with Crippen molar-refractivity contribution < 1.29 is 18.7 Å². The lowest BCUT2D eigenvalue weighted by Gasteiger charge is -2.35. The van der Waals surface area contributed by atoms with Gasteiger partial charge in [0, 0.05) is 52.1 Å². The van der Waals surface area contributed by atoms with Crippen LogP contribution in [0.3, 0.4) is 0 Å². The Morgan fingerprint density at radius 3 is 2.62 bits per heavy atom. The molecule has 170 valence electrons. The van der Waals surface area contributed by atoms with Crippen LogP contribution in [0.15, 0.2) is 42.5 Å². The number of esters is 1. The molecule has 0 spiro atoms. The van der Waals surface area contributed by atoms with Crippen LogP contribution >= 0.6 is 0 Å².